The van der Waals surface area contributed by atoms with Gasteiger partial charge in [0.15, 0.2) is 5.69 Å². The molecule has 5 nitrogen and oxygen atoms in total. The largest absolute Gasteiger partial charge is 0.337 e. The van der Waals surface area contributed by atoms with Crippen LogP contribution in [0.3, 0.4) is 0 Å². The highest BCUT2D eigenvalue weighted by molar-refractivity contribution is 6.30. The molecule has 23 heavy (non-hydrogen) atoms. The predicted octanol–water partition coefficient (Wildman–Crippen LogP) is 2.63. The van der Waals surface area contributed by atoms with Crippen LogP contribution in [-0.4, -0.2) is 47.3 Å². The van der Waals surface area contributed by atoms with Gasteiger partial charge in [-0.2, -0.15) is 5.10 Å². The molecular weight excluding hydrogens is 335 g/mol. The smallest absolute Gasteiger partial charge is 0.274 e. The molecule has 1 unspecified atom stereocenters. The zero-order chi connectivity index (χ0) is 15.5. The summed E-state index contributed by atoms with van der Waals surface area (Å²) in [6, 6.07) is 9.17. The van der Waals surface area contributed by atoms with Crippen LogP contribution in [0, 0.1) is 5.92 Å². The molecule has 2 heterocycles. The van der Waals surface area contributed by atoms with Crippen molar-refractivity contribution in [1.29, 1.82) is 0 Å². The number of aromatic nitrogens is 2. The third-order valence-electron chi connectivity index (χ3n) is 3.95. The second-order valence-electron chi connectivity index (χ2n) is 5.59. The predicted molar refractivity (Wildman–Crippen MR) is 93.8 cm³/mol. The van der Waals surface area contributed by atoms with Crippen LogP contribution in [0.1, 0.15) is 16.9 Å². The van der Waals surface area contributed by atoms with E-state index in [1.807, 2.05) is 36.2 Å². The minimum atomic E-state index is -0.000573. The van der Waals surface area contributed by atoms with Gasteiger partial charge in [0.05, 0.1) is 5.69 Å². The van der Waals surface area contributed by atoms with E-state index in [4.69, 9.17) is 11.6 Å². The van der Waals surface area contributed by atoms with Crippen molar-refractivity contribution in [3.05, 3.63) is 47.2 Å². The first-order valence-electron chi connectivity index (χ1n) is 7.43. The van der Waals surface area contributed by atoms with E-state index < -0.39 is 0 Å². The lowest BCUT2D eigenvalue weighted by Gasteiger charge is -2.15. The number of benzene rings is 1. The first-order valence-corrected chi connectivity index (χ1v) is 7.80. The molecule has 1 aliphatic heterocycles. The highest BCUT2D eigenvalue weighted by atomic mass is 35.5. The molecule has 124 valence electrons. The first-order chi connectivity index (χ1) is 10.7. The highest BCUT2D eigenvalue weighted by Gasteiger charge is 2.27. The minimum absolute atomic E-state index is 0. The van der Waals surface area contributed by atoms with Gasteiger partial charge in [-0.25, -0.2) is 4.68 Å². The summed E-state index contributed by atoms with van der Waals surface area (Å²) in [6.07, 6.45) is 2.83. The van der Waals surface area contributed by atoms with E-state index in [9.17, 15) is 4.79 Å². The van der Waals surface area contributed by atoms with Crippen LogP contribution >= 0.6 is 24.0 Å². The minimum Gasteiger partial charge on any atom is -0.337 e. The van der Waals surface area contributed by atoms with Gasteiger partial charge in [0.1, 0.15) is 0 Å². The van der Waals surface area contributed by atoms with Crippen molar-refractivity contribution in [3.8, 4) is 5.69 Å². The number of halogens is 2. The summed E-state index contributed by atoms with van der Waals surface area (Å²) in [7, 11) is 1.94. The van der Waals surface area contributed by atoms with E-state index in [0.717, 1.165) is 31.7 Å². The molecule has 1 aromatic carbocycles. The molecule has 1 atom stereocenters. The van der Waals surface area contributed by atoms with E-state index in [0.29, 0.717) is 16.6 Å². The fourth-order valence-electron chi connectivity index (χ4n) is 2.83. The van der Waals surface area contributed by atoms with Crippen molar-refractivity contribution in [1.82, 2.24) is 20.0 Å². The summed E-state index contributed by atoms with van der Waals surface area (Å²) in [5.41, 5.74) is 1.33. The number of carbonyl (C=O) groups excluding carboxylic acids is 1. The molecule has 1 aromatic heterocycles. The number of likely N-dealkylation sites (tertiary alicyclic amines) is 1. The average Bonchev–Trinajstić information content (AvgIpc) is 3.16. The molecule has 1 amide bonds. The molecule has 0 aliphatic carbocycles. The van der Waals surface area contributed by atoms with Gasteiger partial charge >= 0.3 is 0 Å². The lowest BCUT2D eigenvalue weighted by Crippen LogP contribution is -2.30. The fraction of sp³-hybridized carbons (Fsp3) is 0.375. The maximum Gasteiger partial charge on any atom is 0.274 e. The maximum absolute atomic E-state index is 12.5. The number of nitrogens with one attached hydrogen (secondary N) is 1. The molecule has 0 saturated carbocycles. The topological polar surface area (TPSA) is 50.2 Å². The van der Waals surface area contributed by atoms with Crippen molar-refractivity contribution in [3.63, 3.8) is 0 Å². The molecule has 0 bridgehead atoms. The van der Waals surface area contributed by atoms with Gasteiger partial charge in [0.25, 0.3) is 5.91 Å². The maximum atomic E-state index is 12.5. The fourth-order valence-corrected chi connectivity index (χ4v) is 3.02. The number of rotatable bonds is 4. The molecule has 7 heteroatoms. The third-order valence-corrected chi connectivity index (χ3v) is 4.18. The Labute approximate surface area is 147 Å². The number of hydrogen-bond donors (Lipinski definition) is 1. The van der Waals surface area contributed by atoms with Gasteiger partial charge in [-0.3, -0.25) is 4.79 Å². The Kier molecular flexibility index (Phi) is 6.04. The Morgan fingerprint density at radius 1 is 1.43 bits per heavy atom. The first kappa shape index (κ1) is 17.8. The van der Waals surface area contributed by atoms with Gasteiger partial charge in [-0.1, -0.05) is 17.7 Å². The number of nitrogens with zero attached hydrogens (tertiary/aromatic N) is 3. The second-order valence-corrected chi connectivity index (χ2v) is 6.03. The zero-order valence-corrected chi connectivity index (χ0v) is 14.5. The lowest BCUT2D eigenvalue weighted by molar-refractivity contribution is 0.0781. The van der Waals surface area contributed by atoms with Crippen molar-refractivity contribution in [2.75, 3.05) is 26.7 Å². The van der Waals surface area contributed by atoms with E-state index >= 15 is 0 Å². The SMILES string of the molecule is CNCC1CCN(C(=O)c2ccn(-c3cccc(Cl)c3)n2)C1.Cl. The normalized spacial score (nSPS) is 17.1. The average molecular weight is 355 g/mol. The molecule has 1 saturated heterocycles. The second kappa shape index (κ2) is 7.81. The van der Waals surface area contributed by atoms with Crippen LogP contribution in [0.15, 0.2) is 36.5 Å². The summed E-state index contributed by atoms with van der Waals surface area (Å²) < 4.78 is 1.68. The third kappa shape index (κ3) is 4.05. The van der Waals surface area contributed by atoms with E-state index in [2.05, 4.69) is 10.4 Å². The zero-order valence-electron chi connectivity index (χ0n) is 12.9. The van der Waals surface area contributed by atoms with Gasteiger partial charge in [-0.05, 0) is 50.2 Å². The van der Waals surface area contributed by atoms with Crippen LogP contribution in [-0.2, 0) is 0 Å². The van der Waals surface area contributed by atoms with Gasteiger partial charge in [0.2, 0.25) is 0 Å². The van der Waals surface area contributed by atoms with Crippen LogP contribution in [0.25, 0.3) is 5.69 Å². The van der Waals surface area contributed by atoms with Crippen LogP contribution in [0.4, 0.5) is 0 Å². The molecule has 2 aromatic rings. The van der Waals surface area contributed by atoms with Gasteiger partial charge in [-0.15, -0.1) is 12.4 Å². The Balaban J connectivity index is 0.00000192. The van der Waals surface area contributed by atoms with Crippen molar-refractivity contribution < 1.29 is 4.79 Å². The van der Waals surface area contributed by atoms with E-state index in [-0.39, 0.29) is 18.3 Å². The molecule has 1 fully saturated rings. The lowest BCUT2D eigenvalue weighted by atomic mass is 10.1. The Morgan fingerprint density at radius 2 is 2.26 bits per heavy atom. The summed E-state index contributed by atoms with van der Waals surface area (Å²) in [5.74, 6) is 0.531. The van der Waals surface area contributed by atoms with E-state index in [1.54, 1.807) is 16.9 Å². The summed E-state index contributed by atoms with van der Waals surface area (Å²) in [5, 5.41) is 8.21. The van der Waals surface area contributed by atoms with Crippen LogP contribution in [0.5, 0.6) is 0 Å². The summed E-state index contributed by atoms with van der Waals surface area (Å²) in [4.78, 5) is 14.4. The molecule has 3 rings (SSSR count). The molecule has 0 radical (unpaired) electrons. The number of amides is 1. The van der Waals surface area contributed by atoms with Crippen molar-refractivity contribution >= 4 is 29.9 Å². The Hall–Kier alpha value is -1.56. The standard InChI is InChI=1S/C16H19ClN4O.ClH/c1-18-10-12-5-7-20(11-12)16(22)15-6-8-21(19-15)14-4-2-3-13(17)9-14;/h2-4,6,8-9,12,18H,5,7,10-11H2,1H3;1H. The molecule has 0 spiro atoms. The molecule has 1 aliphatic rings. The van der Waals surface area contributed by atoms with Crippen LogP contribution < -0.4 is 5.32 Å². The summed E-state index contributed by atoms with van der Waals surface area (Å²) >= 11 is 5.99. The molecular formula is C16H20Cl2N4O. The highest BCUT2D eigenvalue weighted by Crippen LogP contribution is 2.19. The van der Waals surface area contributed by atoms with Crippen molar-refractivity contribution in [2.24, 2.45) is 5.92 Å². The van der Waals surface area contributed by atoms with E-state index in [1.165, 1.54) is 0 Å². The summed E-state index contributed by atoms with van der Waals surface area (Å²) in [6.45, 7) is 2.54. The molecule has 1 N–H and O–H groups in total. The van der Waals surface area contributed by atoms with Gasteiger partial charge in [0, 0.05) is 24.3 Å². The van der Waals surface area contributed by atoms with Crippen LogP contribution in [0.2, 0.25) is 5.02 Å². The van der Waals surface area contributed by atoms with Gasteiger partial charge < -0.3 is 10.2 Å². The Morgan fingerprint density at radius 3 is 3.00 bits per heavy atom. The monoisotopic (exact) mass is 354 g/mol. The Bertz CT molecular complexity index is 674. The number of hydrogen-bond acceptors (Lipinski definition) is 3. The number of carbonyl (C=O) groups is 1. The quantitative estimate of drug-likeness (QED) is 0.917. The van der Waals surface area contributed by atoms with Crippen molar-refractivity contribution in [2.45, 2.75) is 6.42 Å².